The number of aromatic nitrogens is 4. The number of nitrogens with one attached hydrogen (secondary N) is 2. The monoisotopic (exact) mass is 339 g/mol. The predicted octanol–water partition coefficient (Wildman–Crippen LogP) is 3.31. The van der Waals surface area contributed by atoms with E-state index in [0.29, 0.717) is 23.7 Å². The average molecular weight is 339 g/mol. The molecule has 2 aromatic heterocycles. The van der Waals surface area contributed by atoms with Crippen LogP contribution in [0.4, 0.5) is 10.3 Å². The molecule has 7 heteroatoms. The van der Waals surface area contributed by atoms with Crippen molar-refractivity contribution in [1.82, 2.24) is 20.2 Å². The van der Waals surface area contributed by atoms with Gasteiger partial charge in [0.2, 0.25) is 5.95 Å². The summed E-state index contributed by atoms with van der Waals surface area (Å²) in [5.41, 5.74) is 2.12. The molecule has 0 atom stereocenters. The van der Waals surface area contributed by atoms with Crippen molar-refractivity contribution in [1.29, 1.82) is 0 Å². The van der Waals surface area contributed by atoms with E-state index in [0.717, 1.165) is 11.3 Å². The van der Waals surface area contributed by atoms with Crippen molar-refractivity contribution in [3.63, 3.8) is 0 Å². The van der Waals surface area contributed by atoms with Crippen LogP contribution in [0.15, 0.2) is 42.6 Å². The number of anilines is 1. The summed E-state index contributed by atoms with van der Waals surface area (Å²) in [5.74, 6) is 0.371. The Morgan fingerprint density at radius 1 is 1.28 bits per heavy atom. The third-order valence-corrected chi connectivity index (χ3v) is 3.66. The quantitative estimate of drug-likeness (QED) is 0.747. The smallest absolute Gasteiger partial charge is 0.259 e. The summed E-state index contributed by atoms with van der Waals surface area (Å²) in [7, 11) is 0. The van der Waals surface area contributed by atoms with Gasteiger partial charge in [0.05, 0.1) is 5.56 Å². The lowest BCUT2D eigenvalue weighted by Crippen LogP contribution is -2.13. The van der Waals surface area contributed by atoms with E-state index in [1.54, 1.807) is 18.2 Å². The minimum absolute atomic E-state index is 0.171. The molecule has 25 heavy (non-hydrogen) atoms. The summed E-state index contributed by atoms with van der Waals surface area (Å²) in [6, 6.07) is 9.80. The van der Waals surface area contributed by atoms with Crippen LogP contribution in [0.3, 0.4) is 0 Å². The van der Waals surface area contributed by atoms with Crippen molar-refractivity contribution < 1.29 is 9.18 Å². The van der Waals surface area contributed by atoms with Crippen LogP contribution in [0.5, 0.6) is 0 Å². The average Bonchev–Trinajstić information content (AvgIpc) is 3.01. The number of nitrogens with zero attached hydrogens (tertiary/aromatic N) is 3. The normalized spacial score (nSPS) is 10.9. The molecule has 0 saturated carbocycles. The number of carbonyl (C=O) groups excluding carboxylic acids is 1. The standard InChI is InChI=1S/C18H18FN5O/c1-11(2)15-7-6-13(10-20-15)17(25)22-18-21-16(23-24-18)9-12-4-3-5-14(19)8-12/h3-8,10-11H,9H2,1-2H3,(H2,21,22,23,24,25). The summed E-state index contributed by atoms with van der Waals surface area (Å²) in [4.78, 5) is 20.7. The van der Waals surface area contributed by atoms with Gasteiger partial charge in [0.15, 0.2) is 0 Å². The fraction of sp³-hybridized carbons (Fsp3) is 0.222. The summed E-state index contributed by atoms with van der Waals surface area (Å²) >= 11 is 0. The minimum atomic E-state index is -0.334. The lowest BCUT2D eigenvalue weighted by molar-refractivity contribution is 0.102. The van der Waals surface area contributed by atoms with Crippen molar-refractivity contribution in [2.45, 2.75) is 26.2 Å². The molecule has 1 amide bonds. The number of carbonyl (C=O) groups is 1. The summed E-state index contributed by atoms with van der Waals surface area (Å²) in [5, 5.41) is 9.32. The van der Waals surface area contributed by atoms with E-state index < -0.39 is 0 Å². The molecule has 1 aromatic carbocycles. The maximum absolute atomic E-state index is 13.2. The third-order valence-electron chi connectivity index (χ3n) is 3.66. The van der Waals surface area contributed by atoms with Gasteiger partial charge in [-0.15, -0.1) is 5.10 Å². The lowest BCUT2D eigenvalue weighted by atomic mass is 10.1. The first-order valence-corrected chi connectivity index (χ1v) is 7.94. The zero-order valence-electron chi connectivity index (χ0n) is 14.0. The highest BCUT2D eigenvalue weighted by atomic mass is 19.1. The maximum Gasteiger partial charge on any atom is 0.259 e. The molecule has 0 aliphatic rings. The van der Waals surface area contributed by atoms with Crippen molar-refractivity contribution >= 4 is 11.9 Å². The summed E-state index contributed by atoms with van der Waals surface area (Å²) in [6.07, 6.45) is 1.93. The molecule has 2 heterocycles. The minimum Gasteiger partial charge on any atom is -0.289 e. The number of hydrogen-bond donors (Lipinski definition) is 2. The highest BCUT2D eigenvalue weighted by Crippen LogP contribution is 2.13. The molecule has 3 rings (SSSR count). The fourth-order valence-electron chi connectivity index (χ4n) is 2.33. The van der Waals surface area contributed by atoms with E-state index >= 15 is 0 Å². The molecule has 0 radical (unpaired) electrons. The number of rotatable bonds is 5. The Morgan fingerprint density at radius 3 is 2.80 bits per heavy atom. The van der Waals surface area contributed by atoms with Crippen LogP contribution >= 0.6 is 0 Å². The predicted molar refractivity (Wildman–Crippen MR) is 91.9 cm³/mol. The van der Waals surface area contributed by atoms with E-state index in [1.165, 1.54) is 18.3 Å². The highest BCUT2D eigenvalue weighted by Gasteiger charge is 2.11. The Morgan fingerprint density at radius 2 is 2.12 bits per heavy atom. The Kier molecular flexibility index (Phi) is 4.83. The van der Waals surface area contributed by atoms with Crippen LogP contribution in [0, 0.1) is 5.82 Å². The molecule has 0 aliphatic carbocycles. The SMILES string of the molecule is CC(C)c1ccc(C(=O)Nc2n[nH]c(Cc3cccc(F)c3)n2)cn1. The van der Waals surface area contributed by atoms with Gasteiger partial charge in [-0.25, -0.2) is 4.39 Å². The Bertz CT molecular complexity index is 873. The fourth-order valence-corrected chi connectivity index (χ4v) is 2.33. The zero-order valence-corrected chi connectivity index (χ0v) is 14.0. The van der Waals surface area contributed by atoms with E-state index in [4.69, 9.17) is 0 Å². The molecule has 0 saturated heterocycles. The molecule has 3 aromatic rings. The van der Waals surface area contributed by atoms with Gasteiger partial charge in [-0.05, 0) is 35.7 Å². The first-order chi connectivity index (χ1) is 12.0. The maximum atomic E-state index is 13.2. The Balaban J connectivity index is 1.65. The summed E-state index contributed by atoms with van der Waals surface area (Å²) < 4.78 is 13.2. The highest BCUT2D eigenvalue weighted by molar-refractivity contribution is 6.03. The van der Waals surface area contributed by atoms with Gasteiger partial charge >= 0.3 is 0 Å². The van der Waals surface area contributed by atoms with Crippen LogP contribution in [0.1, 0.15) is 47.2 Å². The van der Waals surface area contributed by atoms with Gasteiger partial charge in [0.25, 0.3) is 5.91 Å². The molecule has 0 bridgehead atoms. The lowest BCUT2D eigenvalue weighted by Gasteiger charge is -2.05. The first kappa shape index (κ1) is 16.8. The van der Waals surface area contributed by atoms with Crippen LogP contribution < -0.4 is 5.32 Å². The van der Waals surface area contributed by atoms with E-state index in [9.17, 15) is 9.18 Å². The van der Waals surface area contributed by atoms with Crippen LogP contribution in [-0.2, 0) is 6.42 Å². The number of aromatic amines is 1. The van der Waals surface area contributed by atoms with Gasteiger partial charge in [-0.2, -0.15) is 4.98 Å². The van der Waals surface area contributed by atoms with Gasteiger partial charge < -0.3 is 0 Å². The van der Waals surface area contributed by atoms with Crippen LogP contribution in [0.2, 0.25) is 0 Å². The molecule has 0 spiro atoms. The second-order valence-electron chi connectivity index (χ2n) is 5.99. The third kappa shape index (κ3) is 4.26. The number of benzene rings is 1. The zero-order chi connectivity index (χ0) is 17.8. The number of pyridine rings is 1. The number of H-pyrrole nitrogens is 1. The number of amides is 1. The molecule has 6 nitrogen and oxygen atoms in total. The number of halogens is 1. The first-order valence-electron chi connectivity index (χ1n) is 7.94. The summed E-state index contributed by atoms with van der Waals surface area (Å²) in [6.45, 7) is 4.08. The molecule has 0 unspecified atom stereocenters. The second-order valence-corrected chi connectivity index (χ2v) is 5.99. The Labute approximate surface area is 144 Å². The molecular formula is C18H18FN5O. The van der Waals surface area contributed by atoms with Crippen molar-refractivity contribution in [2.24, 2.45) is 0 Å². The van der Waals surface area contributed by atoms with Gasteiger partial charge in [-0.1, -0.05) is 26.0 Å². The van der Waals surface area contributed by atoms with Crippen molar-refractivity contribution in [3.05, 3.63) is 71.1 Å². The van der Waals surface area contributed by atoms with Gasteiger partial charge in [0.1, 0.15) is 11.6 Å². The van der Waals surface area contributed by atoms with Crippen LogP contribution in [-0.4, -0.2) is 26.1 Å². The van der Waals surface area contributed by atoms with Crippen molar-refractivity contribution in [2.75, 3.05) is 5.32 Å². The van der Waals surface area contributed by atoms with E-state index in [-0.39, 0.29) is 17.7 Å². The van der Waals surface area contributed by atoms with Gasteiger partial charge in [0, 0.05) is 18.3 Å². The van der Waals surface area contributed by atoms with E-state index in [2.05, 4.69) is 25.5 Å². The molecular weight excluding hydrogens is 321 g/mol. The second kappa shape index (κ2) is 7.21. The number of hydrogen-bond acceptors (Lipinski definition) is 4. The van der Waals surface area contributed by atoms with Crippen molar-refractivity contribution in [3.8, 4) is 0 Å². The topological polar surface area (TPSA) is 83.6 Å². The van der Waals surface area contributed by atoms with Gasteiger partial charge in [-0.3, -0.25) is 20.2 Å². The largest absolute Gasteiger partial charge is 0.289 e. The molecule has 0 aliphatic heterocycles. The van der Waals surface area contributed by atoms with Crippen LogP contribution in [0.25, 0.3) is 0 Å². The molecule has 2 N–H and O–H groups in total. The molecule has 0 fully saturated rings. The molecule has 128 valence electrons. The van der Waals surface area contributed by atoms with E-state index in [1.807, 2.05) is 19.9 Å². The Hall–Kier alpha value is -3.09.